The number of hydrogen-bond donors (Lipinski definition) is 2. The van der Waals surface area contributed by atoms with Crippen LogP contribution in [-0.4, -0.2) is 17.4 Å². The van der Waals surface area contributed by atoms with E-state index in [0.717, 1.165) is 22.0 Å². The Kier molecular flexibility index (Phi) is 3.28. The largest absolute Gasteiger partial charge is 0.361 e. The fourth-order valence-corrected chi connectivity index (χ4v) is 1.76. The lowest BCUT2D eigenvalue weighted by Crippen LogP contribution is -2.26. The summed E-state index contributed by atoms with van der Waals surface area (Å²) in [5.41, 5.74) is 3.05. The summed E-state index contributed by atoms with van der Waals surface area (Å²) < 4.78 is 0. The van der Waals surface area contributed by atoms with Crippen molar-refractivity contribution in [3.8, 4) is 0 Å². The summed E-state index contributed by atoms with van der Waals surface area (Å²) in [4.78, 5) is 14.9. The molecule has 3 heteroatoms. The quantitative estimate of drug-likeness (QED) is 0.775. The number of para-hydroxylation sites is 1. The molecule has 2 aromatic rings. The molecule has 17 heavy (non-hydrogen) atoms. The standard InChI is InChI=1S/C14H16N2O/c1-10(2)8-16-14(17)7-11-9-15-13-6-4-3-5-12(11)13/h3-6,9,15H,1,7-8H2,2H3,(H,16,17). The Morgan fingerprint density at radius 2 is 2.18 bits per heavy atom. The summed E-state index contributed by atoms with van der Waals surface area (Å²) in [7, 11) is 0. The van der Waals surface area contributed by atoms with Gasteiger partial charge in [0.05, 0.1) is 6.42 Å². The van der Waals surface area contributed by atoms with Crippen LogP contribution in [0, 0.1) is 0 Å². The number of aromatic amines is 1. The maximum atomic E-state index is 11.7. The van der Waals surface area contributed by atoms with Crippen LogP contribution in [0.25, 0.3) is 10.9 Å². The van der Waals surface area contributed by atoms with Crippen molar-refractivity contribution in [3.05, 3.63) is 48.2 Å². The van der Waals surface area contributed by atoms with Crippen LogP contribution in [0.15, 0.2) is 42.6 Å². The fraction of sp³-hybridized carbons (Fsp3) is 0.214. The third-order valence-electron chi connectivity index (χ3n) is 2.61. The van der Waals surface area contributed by atoms with Crippen LogP contribution in [-0.2, 0) is 11.2 Å². The Morgan fingerprint density at radius 3 is 2.94 bits per heavy atom. The Bertz CT molecular complexity index is 554. The highest BCUT2D eigenvalue weighted by molar-refractivity contribution is 5.88. The highest BCUT2D eigenvalue weighted by Crippen LogP contribution is 2.17. The van der Waals surface area contributed by atoms with E-state index in [0.29, 0.717) is 13.0 Å². The van der Waals surface area contributed by atoms with E-state index in [-0.39, 0.29) is 5.91 Å². The average Bonchev–Trinajstić information content (AvgIpc) is 2.70. The number of rotatable bonds is 4. The van der Waals surface area contributed by atoms with Gasteiger partial charge in [0.1, 0.15) is 0 Å². The van der Waals surface area contributed by atoms with Gasteiger partial charge in [0.15, 0.2) is 0 Å². The molecule has 0 bridgehead atoms. The zero-order chi connectivity index (χ0) is 12.3. The van der Waals surface area contributed by atoms with Gasteiger partial charge in [0, 0.05) is 23.6 Å². The third-order valence-corrected chi connectivity index (χ3v) is 2.61. The molecule has 0 radical (unpaired) electrons. The van der Waals surface area contributed by atoms with Crippen molar-refractivity contribution in [3.63, 3.8) is 0 Å². The maximum absolute atomic E-state index is 11.7. The highest BCUT2D eigenvalue weighted by Gasteiger charge is 2.07. The summed E-state index contributed by atoms with van der Waals surface area (Å²) in [5.74, 6) is 0.0257. The second-order valence-corrected chi connectivity index (χ2v) is 4.27. The summed E-state index contributed by atoms with van der Waals surface area (Å²) in [6.45, 7) is 6.19. The second kappa shape index (κ2) is 4.87. The Balaban J connectivity index is 2.08. The number of carbonyl (C=O) groups excluding carboxylic acids is 1. The molecule has 0 aliphatic rings. The predicted octanol–water partition coefficient (Wildman–Crippen LogP) is 2.40. The van der Waals surface area contributed by atoms with E-state index in [9.17, 15) is 4.79 Å². The SMILES string of the molecule is C=C(C)CNC(=O)Cc1c[nH]c2ccccc12. The van der Waals surface area contributed by atoms with E-state index in [2.05, 4.69) is 16.9 Å². The zero-order valence-corrected chi connectivity index (χ0v) is 9.92. The summed E-state index contributed by atoms with van der Waals surface area (Å²) in [5, 5.41) is 3.94. The molecule has 1 amide bonds. The van der Waals surface area contributed by atoms with E-state index in [1.165, 1.54) is 0 Å². The predicted molar refractivity (Wildman–Crippen MR) is 69.8 cm³/mol. The molecule has 0 saturated heterocycles. The molecule has 1 aromatic carbocycles. The van der Waals surface area contributed by atoms with Gasteiger partial charge in [-0.3, -0.25) is 4.79 Å². The molecule has 1 aromatic heterocycles. The van der Waals surface area contributed by atoms with Crippen LogP contribution >= 0.6 is 0 Å². The molecule has 0 saturated carbocycles. The lowest BCUT2D eigenvalue weighted by atomic mass is 10.1. The highest BCUT2D eigenvalue weighted by atomic mass is 16.1. The summed E-state index contributed by atoms with van der Waals surface area (Å²) in [6, 6.07) is 7.98. The molecule has 2 N–H and O–H groups in total. The average molecular weight is 228 g/mol. The van der Waals surface area contributed by atoms with Crippen molar-refractivity contribution in [1.82, 2.24) is 10.3 Å². The first kappa shape index (κ1) is 11.5. The number of amides is 1. The number of nitrogens with one attached hydrogen (secondary N) is 2. The Morgan fingerprint density at radius 1 is 1.41 bits per heavy atom. The molecule has 0 fully saturated rings. The molecule has 0 spiro atoms. The Hall–Kier alpha value is -2.03. The summed E-state index contributed by atoms with van der Waals surface area (Å²) >= 11 is 0. The molecular weight excluding hydrogens is 212 g/mol. The van der Waals surface area contributed by atoms with E-state index >= 15 is 0 Å². The van der Waals surface area contributed by atoms with Crippen LogP contribution < -0.4 is 5.32 Å². The number of aromatic nitrogens is 1. The van der Waals surface area contributed by atoms with Crippen LogP contribution in [0.5, 0.6) is 0 Å². The first-order chi connectivity index (χ1) is 8.16. The smallest absolute Gasteiger partial charge is 0.224 e. The van der Waals surface area contributed by atoms with Crippen LogP contribution in [0.4, 0.5) is 0 Å². The number of H-pyrrole nitrogens is 1. The first-order valence-corrected chi connectivity index (χ1v) is 5.63. The van der Waals surface area contributed by atoms with E-state index in [1.807, 2.05) is 37.4 Å². The first-order valence-electron chi connectivity index (χ1n) is 5.63. The van der Waals surface area contributed by atoms with Crippen LogP contribution in [0.2, 0.25) is 0 Å². The minimum Gasteiger partial charge on any atom is -0.361 e. The molecule has 0 aliphatic heterocycles. The molecule has 0 unspecified atom stereocenters. The molecule has 3 nitrogen and oxygen atoms in total. The molecule has 1 heterocycles. The zero-order valence-electron chi connectivity index (χ0n) is 9.92. The molecule has 0 atom stereocenters. The van der Waals surface area contributed by atoms with Gasteiger partial charge < -0.3 is 10.3 Å². The van der Waals surface area contributed by atoms with Crippen molar-refractivity contribution in [1.29, 1.82) is 0 Å². The van der Waals surface area contributed by atoms with E-state index in [1.54, 1.807) is 0 Å². The number of fused-ring (bicyclic) bond motifs is 1. The lowest BCUT2D eigenvalue weighted by Gasteiger charge is -2.03. The topological polar surface area (TPSA) is 44.9 Å². The minimum absolute atomic E-state index is 0.0257. The minimum atomic E-state index is 0.0257. The monoisotopic (exact) mass is 228 g/mol. The lowest BCUT2D eigenvalue weighted by molar-refractivity contribution is -0.120. The molecular formula is C14H16N2O. The van der Waals surface area contributed by atoms with E-state index < -0.39 is 0 Å². The maximum Gasteiger partial charge on any atom is 0.224 e. The van der Waals surface area contributed by atoms with Gasteiger partial charge >= 0.3 is 0 Å². The van der Waals surface area contributed by atoms with Gasteiger partial charge in [-0.25, -0.2) is 0 Å². The van der Waals surface area contributed by atoms with Gasteiger partial charge in [-0.1, -0.05) is 30.4 Å². The molecule has 0 aliphatic carbocycles. The molecule has 2 rings (SSSR count). The van der Waals surface area contributed by atoms with Crippen molar-refractivity contribution in [2.45, 2.75) is 13.3 Å². The van der Waals surface area contributed by atoms with Crippen molar-refractivity contribution < 1.29 is 4.79 Å². The fourth-order valence-electron chi connectivity index (χ4n) is 1.76. The van der Waals surface area contributed by atoms with Gasteiger partial charge in [0.2, 0.25) is 5.91 Å². The second-order valence-electron chi connectivity index (χ2n) is 4.27. The van der Waals surface area contributed by atoms with Crippen molar-refractivity contribution >= 4 is 16.8 Å². The van der Waals surface area contributed by atoms with Crippen molar-refractivity contribution in [2.75, 3.05) is 6.54 Å². The van der Waals surface area contributed by atoms with Gasteiger partial charge in [-0.2, -0.15) is 0 Å². The molecule has 88 valence electrons. The number of benzene rings is 1. The normalized spacial score (nSPS) is 10.4. The third kappa shape index (κ3) is 2.75. The Labute approximate surface area is 101 Å². The van der Waals surface area contributed by atoms with Crippen LogP contribution in [0.3, 0.4) is 0 Å². The van der Waals surface area contributed by atoms with E-state index in [4.69, 9.17) is 0 Å². The van der Waals surface area contributed by atoms with Crippen LogP contribution in [0.1, 0.15) is 12.5 Å². The van der Waals surface area contributed by atoms with Crippen molar-refractivity contribution in [2.24, 2.45) is 0 Å². The van der Waals surface area contributed by atoms with Gasteiger partial charge in [-0.15, -0.1) is 0 Å². The number of hydrogen-bond acceptors (Lipinski definition) is 1. The summed E-state index contributed by atoms with van der Waals surface area (Å²) in [6.07, 6.45) is 2.29. The number of carbonyl (C=O) groups is 1. The van der Waals surface area contributed by atoms with Gasteiger partial charge in [0.25, 0.3) is 0 Å². The van der Waals surface area contributed by atoms with Gasteiger partial charge in [-0.05, 0) is 18.6 Å².